The van der Waals surface area contributed by atoms with Crippen molar-refractivity contribution in [2.75, 3.05) is 5.32 Å². The van der Waals surface area contributed by atoms with E-state index in [1.807, 2.05) is 0 Å². The highest BCUT2D eigenvalue weighted by Gasteiger charge is 2.19. The molecule has 0 bridgehead atoms. The number of fused-ring (bicyclic) bond motifs is 1. The van der Waals surface area contributed by atoms with E-state index in [4.69, 9.17) is 11.6 Å². The van der Waals surface area contributed by atoms with E-state index in [9.17, 15) is 18.8 Å². The number of aryl methyl sites for hydroxylation is 1. The largest absolute Gasteiger partial charge is 0.353 e. The van der Waals surface area contributed by atoms with Crippen molar-refractivity contribution < 1.29 is 14.0 Å². The van der Waals surface area contributed by atoms with Crippen LogP contribution in [0.1, 0.15) is 37.8 Å². The molecule has 2 amide bonds. The fraction of sp³-hybridized carbons (Fsp3) is 0.333. The predicted octanol–water partition coefficient (Wildman–Crippen LogP) is 3.82. The fourth-order valence-electron chi connectivity index (χ4n) is 4.09. The second kappa shape index (κ2) is 10.1. The summed E-state index contributed by atoms with van der Waals surface area (Å²) in [4.78, 5) is 42.5. The van der Waals surface area contributed by atoms with Gasteiger partial charge in [-0.15, -0.1) is 0 Å². The summed E-state index contributed by atoms with van der Waals surface area (Å²) < 4.78 is 15.4. The lowest BCUT2D eigenvalue weighted by atomic mass is 10.2. The molecule has 0 unspecified atom stereocenters. The number of hydrogen-bond acceptors (Lipinski definition) is 4. The van der Waals surface area contributed by atoms with Gasteiger partial charge in [0.15, 0.2) is 0 Å². The van der Waals surface area contributed by atoms with Gasteiger partial charge in [-0.3, -0.25) is 19.0 Å². The zero-order valence-electron chi connectivity index (χ0n) is 17.9. The molecule has 1 aromatic heterocycles. The zero-order chi connectivity index (χ0) is 23.4. The van der Waals surface area contributed by atoms with E-state index < -0.39 is 17.3 Å². The molecule has 7 nitrogen and oxygen atoms in total. The number of rotatable bonds is 7. The predicted molar refractivity (Wildman–Crippen MR) is 125 cm³/mol. The molecule has 0 atom stereocenters. The summed E-state index contributed by atoms with van der Waals surface area (Å²) in [6.45, 7) is -0.328. The van der Waals surface area contributed by atoms with Crippen molar-refractivity contribution in [3.63, 3.8) is 0 Å². The molecule has 1 aliphatic carbocycles. The summed E-state index contributed by atoms with van der Waals surface area (Å²) in [5.74, 6) is -1.35. The maximum atomic E-state index is 14.1. The fourth-order valence-corrected chi connectivity index (χ4v) is 4.25. The Hall–Kier alpha value is -3.26. The molecule has 1 aliphatic rings. The lowest BCUT2D eigenvalue weighted by Gasteiger charge is -2.14. The summed E-state index contributed by atoms with van der Waals surface area (Å²) in [7, 11) is 0. The first-order chi connectivity index (χ1) is 15.9. The second-order valence-corrected chi connectivity index (χ2v) is 8.60. The topological polar surface area (TPSA) is 93.1 Å². The van der Waals surface area contributed by atoms with E-state index in [0.29, 0.717) is 11.0 Å². The van der Waals surface area contributed by atoms with Gasteiger partial charge in [0.05, 0.1) is 16.7 Å². The Morgan fingerprint density at radius 3 is 2.64 bits per heavy atom. The molecule has 33 heavy (non-hydrogen) atoms. The van der Waals surface area contributed by atoms with Crippen LogP contribution in [0.25, 0.3) is 11.0 Å². The Morgan fingerprint density at radius 2 is 1.88 bits per heavy atom. The molecule has 0 radical (unpaired) electrons. The molecular weight excluding hydrogens is 447 g/mol. The molecule has 3 aromatic rings. The van der Waals surface area contributed by atoms with Gasteiger partial charge >= 0.3 is 0 Å². The van der Waals surface area contributed by atoms with E-state index in [-0.39, 0.29) is 47.7 Å². The highest BCUT2D eigenvalue weighted by Crippen LogP contribution is 2.20. The van der Waals surface area contributed by atoms with E-state index >= 15 is 0 Å². The van der Waals surface area contributed by atoms with Crippen LogP contribution < -0.4 is 16.2 Å². The van der Waals surface area contributed by atoms with Crippen LogP contribution in [0.4, 0.5) is 10.1 Å². The van der Waals surface area contributed by atoms with Gasteiger partial charge in [-0.1, -0.05) is 36.6 Å². The SMILES string of the molecule is O=C(Cn1c(=O)c(CCC(=O)NC2CCCC2)nc2ccccc21)Nc1ccc(Cl)cc1F. The quantitative estimate of drug-likeness (QED) is 0.549. The highest BCUT2D eigenvalue weighted by molar-refractivity contribution is 6.30. The van der Waals surface area contributed by atoms with Gasteiger partial charge in [-0.05, 0) is 43.2 Å². The van der Waals surface area contributed by atoms with Crippen LogP contribution in [0, 0.1) is 5.82 Å². The van der Waals surface area contributed by atoms with E-state index in [2.05, 4.69) is 15.6 Å². The summed E-state index contributed by atoms with van der Waals surface area (Å²) in [5, 5.41) is 5.69. The molecule has 1 saturated carbocycles. The van der Waals surface area contributed by atoms with Gasteiger partial charge in [0.2, 0.25) is 11.8 Å². The van der Waals surface area contributed by atoms with Gasteiger partial charge < -0.3 is 10.6 Å². The minimum atomic E-state index is -0.670. The molecule has 2 N–H and O–H groups in total. The van der Waals surface area contributed by atoms with Crippen molar-refractivity contribution in [3.8, 4) is 0 Å². The summed E-state index contributed by atoms with van der Waals surface area (Å²) in [5.41, 5.74) is 0.747. The number of nitrogens with one attached hydrogen (secondary N) is 2. The van der Waals surface area contributed by atoms with Gasteiger partial charge in [0, 0.05) is 23.9 Å². The number of nitrogens with zero attached hydrogens (tertiary/aromatic N) is 2. The Balaban J connectivity index is 1.53. The first-order valence-electron chi connectivity index (χ1n) is 10.9. The Bertz CT molecular complexity index is 1250. The number of para-hydroxylation sites is 2. The normalized spacial score (nSPS) is 13.9. The summed E-state index contributed by atoms with van der Waals surface area (Å²) >= 11 is 5.75. The van der Waals surface area contributed by atoms with Gasteiger partial charge in [0.25, 0.3) is 5.56 Å². The van der Waals surface area contributed by atoms with Crippen molar-refractivity contribution in [3.05, 3.63) is 69.4 Å². The van der Waals surface area contributed by atoms with E-state index in [1.54, 1.807) is 24.3 Å². The van der Waals surface area contributed by atoms with Crippen LogP contribution in [0.5, 0.6) is 0 Å². The van der Waals surface area contributed by atoms with Crippen molar-refractivity contribution in [1.29, 1.82) is 0 Å². The monoisotopic (exact) mass is 470 g/mol. The third kappa shape index (κ3) is 5.57. The number of hydrogen-bond donors (Lipinski definition) is 2. The molecule has 0 saturated heterocycles. The minimum Gasteiger partial charge on any atom is -0.353 e. The van der Waals surface area contributed by atoms with Gasteiger partial charge in [-0.25, -0.2) is 9.37 Å². The third-order valence-corrected chi connectivity index (χ3v) is 5.97. The molecule has 2 aromatic carbocycles. The van der Waals surface area contributed by atoms with Crippen LogP contribution in [0.2, 0.25) is 5.02 Å². The molecule has 0 spiro atoms. The molecule has 1 fully saturated rings. The van der Waals surface area contributed by atoms with Crippen molar-refractivity contribution in [1.82, 2.24) is 14.9 Å². The smallest absolute Gasteiger partial charge is 0.273 e. The number of carbonyl (C=O) groups excluding carboxylic acids is 2. The number of anilines is 1. The first-order valence-corrected chi connectivity index (χ1v) is 11.3. The van der Waals surface area contributed by atoms with Crippen molar-refractivity contribution in [2.45, 2.75) is 51.1 Å². The standard InChI is InChI=1S/C24H24ClFN4O3/c25-15-9-10-18(17(26)13-15)29-23(32)14-30-21-8-4-3-7-19(21)28-20(24(30)33)11-12-22(31)27-16-5-1-2-6-16/h3-4,7-10,13,16H,1-2,5-6,11-12,14H2,(H,27,31)(H,29,32). The molecule has 1 heterocycles. The molecule has 4 rings (SSSR count). The van der Waals surface area contributed by atoms with E-state index in [0.717, 1.165) is 31.7 Å². The lowest BCUT2D eigenvalue weighted by Crippen LogP contribution is -2.34. The Kier molecular flexibility index (Phi) is 7.03. The van der Waals surface area contributed by atoms with Crippen molar-refractivity contribution >= 4 is 40.1 Å². The Labute approximate surface area is 195 Å². The first kappa shape index (κ1) is 22.9. The zero-order valence-corrected chi connectivity index (χ0v) is 18.7. The molecule has 0 aliphatic heterocycles. The van der Waals surface area contributed by atoms with Crippen LogP contribution in [-0.4, -0.2) is 27.4 Å². The lowest BCUT2D eigenvalue weighted by molar-refractivity contribution is -0.121. The van der Waals surface area contributed by atoms with Crippen LogP contribution >= 0.6 is 11.6 Å². The number of carbonyl (C=O) groups is 2. The number of benzene rings is 2. The second-order valence-electron chi connectivity index (χ2n) is 8.16. The summed E-state index contributed by atoms with van der Waals surface area (Å²) in [6, 6.07) is 11.1. The van der Waals surface area contributed by atoms with Crippen LogP contribution in [-0.2, 0) is 22.6 Å². The van der Waals surface area contributed by atoms with E-state index in [1.165, 1.54) is 16.7 Å². The average Bonchev–Trinajstić information content (AvgIpc) is 3.29. The highest BCUT2D eigenvalue weighted by atomic mass is 35.5. The average molecular weight is 471 g/mol. The molecule has 9 heteroatoms. The number of aromatic nitrogens is 2. The van der Waals surface area contributed by atoms with Gasteiger partial charge in [0.1, 0.15) is 18.1 Å². The Morgan fingerprint density at radius 1 is 1.12 bits per heavy atom. The number of amides is 2. The van der Waals surface area contributed by atoms with Crippen LogP contribution in [0.3, 0.4) is 0 Å². The molecule has 172 valence electrons. The van der Waals surface area contributed by atoms with Crippen LogP contribution in [0.15, 0.2) is 47.3 Å². The summed E-state index contributed by atoms with van der Waals surface area (Å²) in [6.07, 6.45) is 4.49. The minimum absolute atomic E-state index is 0.0281. The third-order valence-electron chi connectivity index (χ3n) is 5.74. The maximum absolute atomic E-state index is 14.1. The molecular formula is C24H24ClFN4O3. The van der Waals surface area contributed by atoms with Crippen molar-refractivity contribution in [2.24, 2.45) is 0 Å². The van der Waals surface area contributed by atoms with Gasteiger partial charge in [-0.2, -0.15) is 0 Å². The maximum Gasteiger partial charge on any atom is 0.273 e. The number of halogens is 2.